The van der Waals surface area contributed by atoms with Crippen LogP contribution in [-0.4, -0.2) is 31.2 Å². The third kappa shape index (κ3) is 2.15. The first-order valence-corrected chi connectivity index (χ1v) is 5.41. The summed E-state index contributed by atoms with van der Waals surface area (Å²) >= 11 is 0. The van der Waals surface area contributed by atoms with Gasteiger partial charge in [0.15, 0.2) is 5.82 Å². The van der Waals surface area contributed by atoms with Crippen LogP contribution in [-0.2, 0) is 10.0 Å². The van der Waals surface area contributed by atoms with Crippen LogP contribution in [0.15, 0.2) is 18.6 Å². The van der Waals surface area contributed by atoms with Crippen molar-refractivity contribution in [1.29, 1.82) is 0 Å². The zero-order chi connectivity index (χ0) is 9.90. The summed E-state index contributed by atoms with van der Waals surface area (Å²) < 4.78 is 23.8. The minimum absolute atomic E-state index is 0.0556. The van der Waals surface area contributed by atoms with Crippen LogP contribution in [0, 0.1) is 0 Å². The molecule has 0 saturated carbocycles. The first kappa shape index (κ1) is 9.91. The fourth-order valence-corrected chi connectivity index (χ4v) is 1.56. The number of hydrogen-bond donors (Lipinski definition) is 0. The summed E-state index contributed by atoms with van der Waals surface area (Å²) in [6.07, 6.45) is 4.36. The summed E-state index contributed by atoms with van der Waals surface area (Å²) in [4.78, 5) is 7.66. The Kier molecular flexibility index (Phi) is 2.82. The molecule has 0 atom stereocenters. The van der Waals surface area contributed by atoms with Gasteiger partial charge in [-0.15, -0.1) is 0 Å². The smallest absolute Gasteiger partial charge is 0.235 e. The van der Waals surface area contributed by atoms with Gasteiger partial charge < -0.3 is 0 Å². The lowest BCUT2D eigenvalue weighted by molar-refractivity contribution is 0.595. The van der Waals surface area contributed by atoms with Crippen LogP contribution in [0.1, 0.15) is 6.92 Å². The number of rotatable bonds is 3. The van der Waals surface area contributed by atoms with Crippen LogP contribution in [0.25, 0.3) is 0 Å². The highest BCUT2D eigenvalue weighted by molar-refractivity contribution is 7.92. The highest BCUT2D eigenvalue weighted by Crippen LogP contribution is 2.09. The molecular formula is C7H11N3O2S. The standard InChI is InChI=1S/C7H11N3O2S/c1-3-13(11,12)10(2)7-6-8-4-5-9-7/h4-6H,3H2,1-2H3. The van der Waals surface area contributed by atoms with E-state index in [2.05, 4.69) is 9.97 Å². The third-order valence-corrected chi connectivity index (χ3v) is 3.41. The molecule has 0 unspecified atom stereocenters. The van der Waals surface area contributed by atoms with Gasteiger partial charge in [-0.1, -0.05) is 0 Å². The Bertz CT molecular complexity index is 363. The number of aromatic nitrogens is 2. The number of nitrogens with zero attached hydrogens (tertiary/aromatic N) is 3. The summed E-state index contributed by atoms with van der Waals surface area (Å²) in [6.45, 7) is 1.59. The summed E-state index contributed by atoms with van der Waals surface area (Å²) in [5.74, 6) is 0.393. The Morgan fingerprint density at radius 3 is 2.62 bits per heavy atom. The average Bonchev–Trinajstić information content (AvgIpc) is 2.18. The molecule has 0 saturated heterocycles. The molecule has 0 N–H and O–H groups in total. The molecule has 0 aliphatic rings. The van der Waals surface area contributed by atoms with Gasteiger partial charge in [0.05, 0.1) is 11.9 Å². The lowest BCUT2D eigenvalue weighted by atomic mass is 10.7. The Balaban J connectivity index is 2.99. The molecule has 1 aromatic rings. The molecular weight excluding hydrogens is 190 g/mol. The summed E-state index contributed by atoms with van der Waals surface area (Å²) in [6, 6.07) is 0. The van der Waals surface area contributed by atoms with Gasteiger partial charge in [-0.05, 0) is 6.92 Å². The van der Waals surface area contributed by atoms with Crippen LogP contribution in [0.4, 0.5) is 5.82 Å². The Morgan fingerprint density at radius 1 is 1.46 bits per heavy atom. The first-order chi connectivity index (χ1) is 6.08. The van der Waals surface area contributed by atoms with Crippen LogP contribution in [0.5, 0.6) is 0 Å². The second kappa shape index (κ2) is 3.69. The predicted molar refractivity (Wildman–Crippen MR) is 49.9 cm³/mol. The van der Waals surface area contributed by atoms with Crippen molar-refractivity contribution in [3.05, 3.63) is 18.6 Å². The minimum Gasteiger partial charge on any atom is -0.259 e. The van der Waals surface area contributed by atoms with Crippen molar-refractivity contribution in [3.63, 3.8) is 0 Å². The second-order valence-corrected chi connectivity index (χ2v) is 4.72. The Hall–Kier alpha value is -1.17. The predicted octanol–water partition coefficient (Wildman–Crippen LogP) is 0.263. The van der Waals surface area contributed by atoms with Crippen LogP contribution in [0.2, 0.25) is 0 Å². The monoisotopic (exact) mass is 201 g/mol. The van der Waals surface area contributed by atoms with Gasteiger partial charge in [0.25, 0.3) is 0 Å². The highest BCUT2D eigenvalue weighted by atomic mass is 32.2. The zero-order valence-corrected chi connectivity index (χ0v) is 8.32. The molecule has 0 bridgehead atoms. The van der Waals surface area contributed by atoms with Crippen molar-refractivity contribution in [2.45, 2.75) is 6.92 Å². The quantitative estimate of drug-likeness (QED) is 0.703. The molecule has 0 amide bonds. The van der Waals surface area contributed by atoms with Gasteiger partial charge in [-0.2, -0.15) is 0 Å². The van der Waals surface area contributed by atoms with E-state index in [1.807, 2.05) is 0 Å². The third-order valence-electron chi connectivity index (χ3n) is 1.65. The van der Waals surface area contributed by atoms with Crippen LogP contribution >= 0.6 is 0 Å². The van der Waals surface area contributed by atoms with Gasteiger partial charge in [-0.3, -0.25) is 9.29 Å². The van der Waals surface area contributed by atoms with Gasteiger partial charge in [-0.25, -0.2) is 13.4 Å². The second-order valence-electron chi connectivity index (χ2n) is 2.43. The largest absolute Gasteiger partial charge is 0.259 e. The SMILES string of the molecule is CCS(=O)(=O)N(C)c1cnccn1. The van der Waals surface area contributed by atoms with E-state index in [0.29, 0.717) is 5.82 Å². The van der Waals surface area contributed by atoms with Crippen molar-refractivity contribution >= 4 is 15.8 Å². The minimum atomic E-state index is -3.22. The van der Waals surface area contributed by atoms with Crippen LogP contribution < -0.4 is 4.31 Å². The van der Waals surface area contributed by atoms with E-state index < -0.39 is 10.0 Å². The Labute approximate surface area is 77.5 Å². The van der Waals surface area contributed by atoms with Crippen molar-refractivity contribution in [3.8, 4) is 0 Å². The highest BCUT2D eigenvalue weighted by Gasteiger charge is 2.16. The van der Waals surface area contributed by atoms with E-state index >= 15 is 0 Å². The average molecular weight is 201 g/mol. The summed E-state index contributed by atoms with van der Waals surface area (Å²) in [5.41, 5.74) is 0. The maximum Gasteiger partial charge on any atom is 0.235 e. The fourth-order valence-electron chi connectivity index (χ4n) is 0.790. The molecule has 13 heavy (non-hydrogen) atoms. The molecule has 0 radical (unpaired) electrons. The van der Waals surface area contributed by atoms with Gasteiger partial charge in [0, 0.05) is 19.4 Å². The summed E-state index contributed by atoms with van der Waals surface area (Å²) in [5, 5.41) is 0. The molecule has 0 aromatic carbocycles. The zero-order valence-electron chi connectivity index (χ0n) is 7.51. The molecule has 72 valence electrons. The van der Waals surface area contributed by atoms with Crippen molar-refractivity contribution < 1.29 is 8.42 Å². The lowest BCUT2D eigenvalue weighted by Crippen LogP contribution is -2.28. The molecule has 1 rings (SSSR count). The van der Waals surface area contributed by atoms with E-state index in [1.54, 1.807) is 6.92 Å². The van der Waals surface area contributed by atoms with Crippen LogP contribution in [0.3, 0.4) is 0 Å². The Morgan fingerprint density at radius 2 is 2.15 bits per heavy atom. The van der Waals surface area contributed by atoms with Gasteiger partial charge in [0.1, 0.15) is 0 Å². The fraction of sp³-hybridized carbons (Fsp3) is 0.429. The van der Waals surface area contributed by atoms with E-state index in [1.165, 1.54) is 25.6 Å². The van der Waals surface area contributed by atoms with Crippen molar-refractivity contribution in [2.24, 2.45) is 0 Å². The van der Waals surface area contributed by atoms with E-state index in [4.69, 9.17) is 0 Å². The first-order valence-electron chi connectivity index (χ1n) is 3.80. The number of anilines is 1. The van der Waals surface area contributed by atoms with E-state index in [-0.39, 0.29) is 5.75 Å². The maximum absolute atomic E-state index is 11.4. The summed E-state index contributed by atoms with van der Waals surface area (Å²) in [7, 11) is -1.76. The maximum atomic E-state index is 11.4. The normalized spacial score (nSPS) is 11.2. The molecule has 0 aliphatic carbocycles. The van der Waals surface area contributed by atoms with Crippen molar-refractivity contribution in [2.75, 3.05) is 17.1 Å². The molecule has 5 nitrogen and oxygen atoms in total. The van der Waals surface area contributed by atoms with Crippen molar-refractivity contribution in [1.82, 2.24) is 9.97 Å². The molecule has 1 aromatic heterocycles. The number of sulfonamides is 1. The molecule has 0 fully saturated rings. The van der Waals surface area contributed by atoms with Gasteiger partial charge >= 0.3 is 0 Å². The molecule has 6 heteroatoms. The van der Waals surface area contributed by atoms with E-state index in [0.717, 1.165) is 4.31 Å². The molecule has 1 heterocycles. The van der Waals surface area contributed by atoms with E-state index in [9.17, 15) is 8.42 Å². The topological polar surface area (TPSA) is 63.2 Å². The molecule has 0 spiro atoms. The number of hydrogen-bond acceptors (Lipinski definition) is 4. The lowest BCUT2D eigenvalue weighted by Gasteiger charge is -2.15. The molecule has 0 aliphatic heterocycles. The van der Waals surface area contributed by atoms with Gasteiger partial charge in [0.2, 0.25) is 10.0 Å².